The Balaban J connectivity index is 2.10. The van der Waals surface area contributed by atoms with Crippen LogP contribution >= 0.6 is 0 Å². The summed E-state index contributed by atoms with van der Waals surface area (Å²) in [7, 11) is 1.43. The van der Waals surface area contributed by atoms with Gasteiger partial charge < -0.3 is 4.74 Å². The average molecular weight is 244 g/mol. The molecule has 0 atom stereocenters. The molecule has 0 aliphatic rings. The van der Waals surface area contributed by atoms with Crippen molar-refractivity contribution in [1.29, 1.82) is 0 Å². The van der Waals surface area contributed by atoms with Crippen molar-refractivity contribution in [2.24, 2.45) is 0 Å². The van der Waals surface area contributed by atoms with Crippen LogP contribution < -0.4 is 4.74 Å². The van der Waals surface area contributed by atoms with Gasteiger partial charge in [-0.1, -0.05) is 6.07 Å². The zero-order chi connectivity index (χ0) is 12.5. The number of hydrogen-bond donors (Lipinski definition) is 0. The van der Waals surface area contributed by atoms with E-state index < -0.39 is 5.82 Å². The quantitative estimate of drug-likeness (QED) is 0.691. The molecule has 2 aromatic heterocycles. The second kappa shape index (κ2) is 4.06. The Morgan fingerprint density at radius 2 is 2.11 bits per heavy atom. The van der Waals surface area contributed by atoms with E-state index in [0.29, 0.717) is 11.3 Å². The molecule has 5 nitrogen and oxygen atoms in total. The molecule has 0 bridgehead atoms. The molecule has 2 heterocycles. The van der Waals surface area contributed by atoms with E-state index in [4.69, 9.17) is 4.74 Å². The molecule has 0 fully saturated rings. The van der Waals surface area contributed by atoms with E-state index in [2.05, 4.69) is 15.1 Å². The van der Waals surface area contributed by atoms with Crippen LogP contribution in [0.25, 0.3) is 16.9 Å². The molecule has 3 rings (SSSR count). The Kier molecular flexibility index (Phi) is 2.40. The highest BCUT2D eigenvalue weighted by Crippen LogP contribution is 2.24. The van der Waals surface area contributed by atoms with Gasteiger partial charge in [-0.25, -0.2) is 13.9 Å². The molecule has 0 aliphatic heterocycles. The lowest BCUT2D eigenvalue weighted by Crippen LogP contribution is -1.93. The Morgan fingerprint density at radius 3 is 2.89 bits per heavy atom. The molecule has 0 N–H and O–H groups in total. The van der Waals surface area contributed by atoms with Crippen LogP contribution in [-0.4, -0.2) is 26.7 Å². The summed E-state index contributed by atoms with van der Waals surface area (Å²) in [5.74, 6) is 0.315. The molecule has 0 spiro atoms. The summed E-state index contributed by atoms with van der Waals surface area (Å²) < 4.78 is 20.0. The molecule has 18 heavy (non-hydrogen) atoms. The van der Waals surface area contributed by atoms with E-state index in [1.54, 1.807) is 24.5 Å². The highest BCUT2D eigenvalue weighted by molar-refractivity contribution is 5.63. The first-order valence-corrected chi connectivity index (χ1v) is 5.27. The summed E-state index contributed by atoms with van der Waals surface area (Å²) >= 11 is 0. The van der Waals surface area contributed by atoms with Gasteiger partial charge in [0.2, 0.25) is 0 Å². The van der Waals surface area contributed by atoms with Crippen LogP contribution in [0.15, 0.2) is 36.9 Å². The zero-order valence-electron chi connectivity index (χ0n) is 9.54. The maximum atomic E-state index is 13.6. The summed E-state index contributed by atoms with van der Waals surface area (Å²) in [6.07, 6.45) is 4.79. The minimum Gasteiger partial charge on any atom is -0.494 e. The van der Waals surface area contributed by atoms with Crippen LogP contribution in [-0.2, 0) is 0 Å². The third-order valence-electron chi connectivity index (χ3n) is 2.62. The van der Waals surface area contributed by atoms with Gasteiger partial charge in [0.25, 0.3) is 5.78 Å². The standard InChI is InChI=1S/C12H9FN4O/c1-18-11-3-2-8(4-10(11)13)9-5-14-12-15-7-16-17(12)6-9/h2-7H,1H3. The summed E-state index contributed by atoms with van der Waals surface area (Å²) in [6.45, 7) is 0. The molecular formula is C12H9FN4O. The molecule has 0 amide bonds. The lowest BCUT2D eigenvalue weighted by molar-refractivity contribution is 0.386. The first kappa shape index (κ1) is 10.6. The number of benzene rings is 1. The summed E-state index contributed by atoms with van der Waals surface area (Å²) in [5.41, 5.74) is 1.47. The van der Waals surface area contributed by atoms with E-state index in [1.807, 2.05) is 0 Å². The van der Waals surface area contributed by atoms with Gasteiger partial charge in [-0.05, 0) is 17.7 Å². The monoisotopic (exact) mass is 244 g/mol. The fourth-order valence-corrected chi connectivity index (χ4v) is 1.71. The molecule has 0 saturated heterocycles. The van der Waals surface area contributed by atoms with Gasteiger partial charge in [0.15, 0.2) is 11.6 Å². The molecule has 6 heteroatoms. The Hall–Kier alpha value is -2.50. The Labute approximate surface area is 102 Å². The van der Waals surface area contributed by atoms with Crippen LogP contribution in [0.4, 0.5) is 4.39 Å². The fraction of sp³-hybridized carbons (Fsp3) is 0.0833. The average Bonchev–Trinajstić information content (AvgIpc) is 2.85. The highest BCUT2D eigenvalue weighted by Gasteiger charge is 2.07. The largest absolute Gasteiger partial charge is 0.494 e. The first-order valence-electron chi connectivity index (χ1n) is 5.27. The smallest absolute Gasteiger partial charge is 0.252 e. The first-order chi connectivity index (χ1) is 8.78. The van der Waals surface area contributed by atoms with Gasteiger partial charge in [0.05, 0.1) is 7.11 Å². The van der Waals surface area contributed by atoms with Crippen LogP contribution in [0.3, 0.4) is 0 Å². The number of methoxy groups -OCH3 is 1. The van der Waals surface area contributed by atoms with Crippen molar-refractivity contribution in [1.82, 2.24) is 19.6 Å². The van der Waals surface area contributed by atoms with Gasteiger partial charge in [-0.2, -0.15) is 10.1 Å². The van der Waals surface area contributed by atoms with Gasteiger partial charge in [0.1, 0.15) is 6.33 Å². The SMILES string of the molecule is COc1ccc(-c2cnc3ncnn3c2)cc1F. The van der Waals surface area contributed by atoms with Crippen molar-refractivity contribution in [3.63, 3.8) is 0 Å². The second-order valence-corrected chi connectivity index (χ2v) is 3.70. The van der Waals surface area contributed by atoms with Crippen LogP contribution in [0.5, 0.6) is 5.75 Å². The highest BCUT2D eigenvalue weighted by atomic mass is 19.1. The lowest BCUT2D eigenvalue weighted by Gasteiger charge is -2.05. The van der Waals surface area contributed by atoms with Gasteiger partial charge in [-0.3, -0.25) is 0 Å². The van der Waals surface area contributed by atoms with E-state index in [9.17, 15) is 4.39 Å². The maximum Gasteiger partial charge on any atom is 0.252 e. The van der Waals surface area contributed by atoms with Gasteiger partial charge in [0, 0.05) is 18.0 Å². The third-order valence-corrected chi connectivity index (χ3v) is 2.62. The van der Waals surface area contributed by atoms with Crippen molar-refractivity contribution in [2.45, 2.75) is 0 Å². The Bertz CT molecular complexity index is 710. The van der Waals surface area contributed by atoms with Crippen LogP contribution in [0, 0.1) is 5.82 Å². The van der Waals surface area contributed by atoms with Crippen LogP contribution in [0.1, 0.15) is 0 Å². The molecule has 0 saturated carbocycles. The summed E-state index contributed by atoms with van der Waals surface area (Å²) in [6, 6.07) is 4.75. The normalized spacial score (nSPS) is 10.8. The molecule has 0 aliphatic carbocycles. The number of nitrogens with zero attached hydrogens (tertiary/aromatic N) is 4. The number of aromatic nitrogens is 4. The predicted octanol–water partition coefficient (Wildman–Crippen LogP) is 1.94. The maximum absolute atomic E-state index is 13.6. The predicted molar refractivity (Wildman–Crippen MR) is 62.7 cm³/mol. The molecule has 90 valence electrons. The zero-order valence-corrected chi connectivity index (χ0v) is 9.54. The molecule has 0 radical (unpaired) electrons. The number of halogens is 1. The minimum absolute atomic E-state index is 0.216. The lowest BCUT2D eigenvalue weighted by atomic mass is 10.1. The van der Waals surface area contributed by atoms with Crippen molar-refractivity contribution in [2.75, 3.05) is 7.11 Å². The van der Waals surface area contributed by atoms with E-state index in [1.165, 1.54) is 24.0 Å². The molecule has 0 unspecified atom stereocenters. The summed E-state index contributed by atoms with van der Waals surface area (Å²) in [5, 5.41) is 3.99. The summed E-state index contributed by atoms with van der Waals surface area (Å²) in [4.78, 5) is 8.07. The second-order valence-electron chi connectivity index (χ2n) is 3.70. The third kappa shape index (κ3) is 1.67. The fourth-order valence-electron chi connectivity index (χ4n) is 1.71. The minimum atomic E-state index is -0.409. The molecule has 1 aromatic carbocycles. The topological polar surface area (TPSA) is 52.3 Å². The number of fused-ring (bicyclic) bond motifs is 1. The van der Waals surface area contributed by atoms with Crippen LogP contribution in [0.2, 0.25) is 0 Å². The van der Waals surface area contributed by atoms with Crippen molar-refractivity contribution < 1.29 is 9.13 Å². The number of ether oxygens (including phenoxy) is 1. The van der Waals surface area contributed by atoms with Crippen molar-refractivity contribution >= 4 is 5.78 Å². The van der Waals surface area contributed by atoms with Gasteiger partial charge in [-0.15, -0.1) is 0 Å². The van der Waals surface area contributed by atoms with E-state index in [-0.39, 0.29) is 5.75 Å². The Morgan fingerprint density at radius 1 is 1.22 bits per heavy atom. The molecule has 3 aromatic rings. The van der Waals surface area contributed by atoms with E-state index in [0.717, 1.165) is 5.56 Å². The number of hydrogen-bond acceptors (Lipinski definition) is 4. The van der Waals surface area contributed by atoms with Crippen molar-refractivity contribution in [3.8, 4) is 16.9 Å². The van der Waals surface area contributed by atoms with E-state index >= 15 is 0 Å². The van der Waals surface area contributed by atoms with Gasteiger partial charge >= 0.3 is 0 Å². The molecular weight excluding hydrogens is 235 g/mol. The number of rotatable bonds is 2. The van der Waals surface area contributed by atoms with Crippen molar-refractivity contribution in [3.05, 3.63) is 42.7 Å².